The molecule has 1 saturated carbocycles. The molecule has 9 heteroatoms. The Kier molecular flexibility index (Phi) is 5.72. The summed E-state index contributed by atoms with van der Waals surface area (Å²) in [5, 5.41) is 2.35. The number of benzene rings is 1. The first-order valence-electron chi connectivity index (χ1n) is 12.5. The average Bonchev–Trinajstić information content (AvgIpc) is 3.15. The monoisotopic (exact) mass is 475 g/mol. The molecule has 4 aliphatic rings. The summed E-state index contributed by atoms with van der Waals surface area (Å²) in [5.41, 5.74) is 2.54. The minimum atomic E-state index is -0.603. The second-order valence-corrected chi connectivity index (χ2v) is 10.0. The van der Waals surface area contributed by atoms with Gasteiger partial charge < -0.3 is 9.64 Å². The number of ether oxygens (including phenoxy) is 1. The SMILES string of the molecule is O=C1CCC(N2Cc3cc(O[C@H]4CCCC[C@@H]4N4CC(c5cnccn5)C4)ccc3C2=O)C(=O)N1. The number of imide groups is 1. The highest BCUT2D eigenvalue weighted by atomic mass is 16.5. The molecule has 35 heavy (non-hydrogen) atoms. The molecule has 1 unspecified atom stereocenters. The molecular formula is C26H29N5O4. The topological polar surface area (TPSA) is 105 Å². The Labute approximate surface area is 203 Å². The van der Waals surface area contributed by atoms with Crippen LogP contribution in [0.2, 0.25) is 0 Å². The zero-order valence-corrected chi connectivity index (χ0v) is 19.6. The molecule has 1 aromatic carbocycles. The molecule has 4 heterocycles. The van der Waals surface area contributed by atoms with Gasteiger partial charge in [-0.1, -0.05) is 6.42 Å². The van der Waals surface area contributed by atoms with Crippen LogP contribution in [-0.2, 0) is 16.1 Å². The fraction of sp³-hybridized carbons (Fsp3) is 0.500. The predicted molar refractivity (Wildman–Crippen MR) is 126 cm³/mol. The second kappa shape index (κ2) is 9.03. The summed E-state index contributed by atoms with van der Waals surface area (Å²) in [5.74, 6) is 0.365. The molecule has 1 aliphatic carbocycles. The molecule has 2 saturated heterocycles. The number of hydrogen-bond acceptors (Lipinski definition) is 7. The lowest BCUT2D eigenvalue weighted by molar-refractivity contribution is -0.136. The zero-order chi connectivity index (χ0) is 23.9. The summed E-state index contributed by atoms with van der Waals surface area (Å²) in [7, 11) is 0. The van der Waals surface area contributed by atoms with Gasteiger partial charge in [-0.3, -0.25) is 34.6 Å². The van der Waals surface area contributed by atoms with Gasteiger partial charge in [0.1, 0.15) is 17.9 Å². The molecule has 3 fully saturated rings. The summed E-state index contributed by atoms with van der Waals surface area (Å²) in [6, 6.07) is 5.39. The Balaban J connectivity index is 1.12. The van der Waals surface area contributed by atoms with Crippen molar-refractivity contribution < 1.29 is 19.1 Å². The maximum atomic E-state index is 13.0. The molecule has 0 bridgehead atoms. The van der Waals surface area contributed by atoms with Crippen LogP contribution in [-0.4, -0.2) is 68.8 Å². The first-order valence-corrected chi connectivity index (χ1v) is 12.5. The lowest BCUT2D eigenvalue weighted by Gasteiger charge is -2.48. The van der Waals surface area contributed by atoms with Crippen molar-refractivity contribution in [2.75, 3.05) is 13.1 Å². The van der Waals surface area contributed by atoms with Crippen molar-refractivity contribution in [3.63, 3.8) is 0 Å². The van der Waals surface area contributed by atoms with E-state index in [9.17, 15) is 14.4 Å². The Morgan fingerprint density at radius 3 is 2.69 bits per heavy atom. The lowest BCUT2D eigenvalue weighted by Crippen LogP contribution is -2.57. The second-order valence-electron chi connectivity index (χ2n) is 10.0. The van der Waals surface area contributed by atoms with Crippen molar-refractivity contribution >= 4 is 17.7 Å². The number of carbonyl (C=O) groups is 3. The third kappa shape index (κ3) is 4.18. The van der Waals surface area contributed by atoms with E-state index in [1.165, 1.54) is 6.42 Å². The van der Waals surface area contributed by atoms with Gasteiger partial charge in [0.25, 0.3) is 5.91 Å². The van der Waals surface area contributed by atoms with Crippen molar-refractivity contribution in [1.29, 1.82) is 0 Å². The standard InChI is InChI=1S/C26H29N5O4/c32-24-8-7-22(25(33)29-24)31-15-16-11-18(5-6-19(16)26(31)34)35-23-4-2-1-3-21(23)30-13-17(14-30)20-12-27-9-10-28-20/h5-6,9-12,17,21-23H,1-4,7-8,13-15H2,(H,29,32,33)/t21-,22?,23-/m0/s1. The van der Waals surface area contributed by atoms with Gasteiger partial charge in [0.2, 0.25) is 11.8 Å². The highest BCUT2D eigenvalue weighted by Crippen LogP contribution is 2.36. The van der Waals surface area contributed by atoms with Crippen molar-refractivity contribution in [2.24, 2.45) is 0 Å². The van der Waals surface area contributed by atoms with Crippen LogP contribution in [0, 0.1) is 0 Å². The average molecular weight is 476 g/mol. The zero-order valence-electron chi connectivity index (χ0n) is 19.6. The van der Waals surface area contributed by atoms with Crippen LogP contribution in [0.4, 0.5) is 0 Å². The fourth-order valence-electron chi connectivity index (χ4n) is 5.92. The minimum absolute atomic E-state index is 0.105. The first kappa shape index (κ1) is 22.2. The lowest BCUT2D eigenvalue weighted by atomic mass is 9.86. The summed E-state index contributed by atoms with van der Waals surface area (Å²) in [6.07, 6.45) is 10.5. The van der Waals surface area contributed by atoms with Crippen LogP contribution >= 0.6 is 0 Å². The largest absolute Gasteiger partial charge is 0.489 e. The third-order valence-electron chi connectivity index (χ3n) is 7.83. The van der Waals surface area contributed by atoms with E-state index in [1.54, 1.807) is 17.3 Å². The number of piperidine rings is 1. The molecule has 3 aliphatic heterocycles. The third-order valence-corrected chi connectivity index (χ3v) is 7.83. The molecule has 6 rings (SSSR count). The molecule has 0 spiro atoms. The van der Waals surface area contributed by atoms with Gasteiger partial charge in [0.05, 0.1) is 5.69 Å². The van der Waals surface area contributed by atoms with Gasteiger partial charge in [-0.15, -0.1) is 0 Å². The molecule has 0 radical (unpaired) electrons. The molecule has 3 amide bonds. The number of amides is 3. The van der Waals surface area contributed by atoms with Gasteiger partial charge >= 0.3 is 0 Å². The summed E-state index contributed by atoms with van der Waals surface area (Å²) < 4.78 is 6.52. The number of aromatic nitrogens is 2. The number of hydrogen-bond donors (Lipinski definition) is 1. The van der Waals surface area contributed by atoms with Gasteiger partial charge in [-0.2, -0.15) is 0 Å². The minimum Gasteiger partial charge on any atom is -0.489 e. The van der Waals surface area contributed by atoms with Gasteiger partial charge in [0, 0.05) is 62.2 Å². The van der Waals surface area contributed by atoms with E-state index < -0.39 is 11.9 Å². The van der Waals surface area contributed by atoms with Gasteiger partial charge in [-0.05, 0) is 49.4 Å². The van der Waals surface area contributed by atoms with E-state index in [-0.39, 0.29) is 24.3 Å². The molecular weight excluding hydrogens is 446 g/mol. The Morgan fingerprint density at radius 1 is 1.03 bits per heavy atom. The molecule has 1 aromatic heterocycles. The first-order chi connectivity index (χ1) is 17.1. The van der Waals surface area contributed by atoms with Crippen LogP contribution in [0.15, 0.2) is 36.8 Å². The van der Waals surface area contributed by atoms with E-state index in [4.69, 9.17) is 4.74 Å². The molecule has 1 N–H and O–H groups in total. The van der Waals surface area contributed by atoms with Crippen molar-refractivity contribution in [3.8, 4) is 5.75 Å². The molecule has 2 aromatic rings. The molecule has 9 nitrogen and oxygen atoms in total. The van der Waals surface area contributed by atoms with Crippen molar-refractivity contribution in [3.05, 3.63) is 53.6 Å². The number of nitrogens with one attached hydrogen (secondary N) is 1. The molecule has 3 atom stereocenters. The van der Waals surface area contributed by atoms with Crippen LogP contribution in [0.1, 0.15) is 66.1 Å². The summed E-state index contributed by atoms with van der Waals surface area (Å²) in [6.45, 7) is 2.31. The van der Waals surface area contributed by atoms with Crippen LogP contribution < -0.4 is 10.1 Å². The Hall–Kier alpha value is -3.33. The predicted octanol–water partition coefficient (Wildman–Crippen LogP) is 2.03. The summed E-state index contributed by atoms with van der Waals surface area (Å²) in [4.78, 5) is 49.5. The Morgan fingerprint density at radius 2 is 1.89 bits per heavy atom. The normalized spacial score (nSPS) is 27.4. The maximum absolute atomic E-state index is 13.0. The van der Waals surface area contributed by atoms with E-state index in [0.29, 0.717) is 30.5 Å². The fourth-order valence-corrected chi connectivity index (χ4v) is 5.92. The van der Waals surface area contributed by atoms with E-state index >= 15 is 0 Å². The van der Waals surface area contributed by atoms with Crippen LogP contribution in [0.5, 0.6) is 5.75 Å². The van der Waals surface area contributed by atoms with Crippen LogP contribution in [0.3, 0.4) is 0 Å². The smallest absolute Gasteiger partial charge is 0.255 e. The summed E-state index contributed by atoms with van der Waals surface area (Å²) >= 11 is 0. The number of carbonyl (C=O) groups excluding carboxylic acids is 3. The van der Waals surface area contributed by atoms with Gasteiger partial charge in [-0.25, -0.2) is 0 Å². The number of likely N-dealkylation sites (tertiary alicyclic amines) is 1. The number of fused-ring (bicyclic) bond motifs is 1. The quantitative estimate of drug-likeness (QED) is 0.660. The van der Waals surface area contributed by atoms with Gasteiger partial charge in [0.15, 0.2) is 0 Å². The van der Waals surface area contributed by atoms with Crippen molar-refractivity contribution in [1.82, 2.24) is 25.1 Å². The van der Waals surface area contributed by atoms with E-state index in [0.717, 1.165) is 49.4 Å². The van der Waals surface area contributed by atoms with E-state index in [2.05, 4.69) is 20.2 Å². The molecule has 182 valence electrons. The number of rotatable bonds is 5. The van der Waals surface area contributed by atoms with E-state index in [1.807, 2.05) is 24.4 Å². The highest BCUT2D eigenvalue weighted by Gasteiger charge is 2.41. The van der Waals surface area contributed by atoms with Crippen LogP contribution in [0.25, 0.3) is 0 Å². The highest BCUT2D eigenvalue weighted by molar-refractivity contribution is 6.05. The maximum Gasteiger partial charge on any atom is 0.255 e. The Bertz CT molecular complexity index is 1150. The number of nitrogens with zero attached hydrogens (tertiary/aromatic N) is 4. The van der Waals surface area contributed by atoms with Crippen molar-refractivity contribution in [2.45, 2.75) is 69.2 Å².